The van der Waals surface area contributed by atoms with Crippen molar-refractivity contribution in [2.24, 2.45) is 5.92 Å². The van der Waals surface area contributed by atoms with Crippen molar-refractivity contribution in [1.82, 2.24) is 20.4 Å². The maximum absolute atomic E-state index is 4.50. The third-order valence-corrected chi connectivity index (χ3v) is 4.59. The number of aryl methyl sites for hydroxylation is 1. The molecule has 4 nitrogen and oxygen atoms in total. The summed E-state index contributed by atoms with van der Waals surface area (Å²) in [6.45, 7) is 10.8. The lowest BCUT2D eigenvalue weighted by Crippen LogP contribution is -2.33. The van der Waals surface area contributed by atoms with Crippen molar-refractivity contribution in [1.29, 1.82) is 0 Å². The van der Waals surface area contributed by atoms with Crippen LogP contribution in [-0.4, -0.2) is 29.4 Å². The van der Waals surface area contributed by atoms with E-state index >= 15 is 0 Å². The van der Waals surface area contributed by atoms with Crippen molar-refractivity contribution in [3.8, 4) is 0 Å². The molecule has 0 unspecified atom stereocenters. The first-order valence-corrected chi connectivity index (χ1v) is 9.10. The van der Waals surface area contributed by atoms with Gasteiger partial charge in [0, 0.05) is 30.0 Å². The summed E-state index contributed by atoms with van der Waals surface area (Å²) in [6, 6.07) is 0. The molecule has 0 radical (unpaired) electrons. The molecule has 0 aliphatic carbocycles. The Balaban J connectivity index is 2.08. The lowest BCUT2D eigenvalue weighted by atomic mass is 9.98. The number of nitrogens with one attached hydrogen (secondary N) is 2. The lowest BCUT2D eigenvalue weighted by Gasteiger charge is -2.24. The van der Waals surface area contributed by atoms with Crippen LogP contribution in [0.1, 0.15) is 50.8 Å². The molecule has 1 aromatic rings. The van der Waals surface area contributed by atoms with E-state index in [1.54, 1.807) is 0 Å². The molecule has 1 aromatic heterocycles. The highest BCUT2D eigenvalue weighted by molar-refractivity contribution is 5.66. The number of piperidine rings is 1. The third-order valence-electron chi connectivity index (χ3n) is 4.59. The van der Waals surface area contributed by atoms with Gasteiger partial charge in [-0.2, -0.15) is 5.10 Å². The molecule has 0 spiro atoms. The minimum Gasteiger partial charge on any atom is -0.384 e. The zero-order valence-corrected chi connectivity index (χ0v) is 14.9. The van der Waals surface area contributed by atoms with E-state index in [0.717, 1.165) is 38.5 Å². The van der Waals surface area contributed by atoms with Gasteiger partial charge in [0.05, 0.1) is 6.20 Å². The Morgan fingerprint density at radius 2 is 2.17 bits per heavy atom. The summed E-state index contributed by atoms with van der Waals surface area (Å²) >= 11 is 0. The van der Waals surface area contributed by atoms with Crippen LogP contribution in [0.25, 0.3) is 5.70 Å². The molecule has 0 bridgehead atoms. The van der Waals surface area contributed by atoms with E-state index in [9.17, 15) is 0 Å². The Morgan fingerprint density at radius 1 is 1.39 bits per heavy atom. The highest BCUT2D eigenvalue weighted by Gasteiger charge is 2.15. The average molecular weight is 316 g/mol. The molecule has 0 aromatic carbocycles. The highest BCUT2D eigenvalue weighted by atomic mass is 15.3. The standard InChI is InChI=1S/C19H32N4/c1-4-6-7-8-9-19(18-15-22-23(5-2)16(18)3)21-14-17-10-12-20-13-11-17/h7-9,15,17,20-21H,4-6,10-14H2,1-3H3/b8-7+,19-9+. The predicted octanol–water partition coefficient (Wildman–Crippen LogP) is 3.50. The van der Waals surface area contributed by atoms with Gasteiger partial charge in [0.15, 0.2) is 0 Å². The second-order valence-electron chi connectivity index (χ2n) is 6.33. The Hall–Kier alpha value is -1.55. The van der Waals surface area contributed by atoms with Gasteiger partial charge in [0.1, 0.15) is 0 Å². The van der Waals surface area contributed by atoms with E-state index in [0.29, 0.717) is 0 Å². The molecule has 1 saturated heterocycles. The fourth-order valence-electron chi connectivity index (χ4n) is 3.04. The topological polar surface area (TPSA) is 41.9 Å². The number of hydrogen-bond acceptors (Lipinski definition) is 3. The summed E-state index contributed by atoms with van der Waals surface area (Å²) in [5.74, 6) is 0.765. The molecular formula is C19H32N4. The van der Waals surface area contributed by atoms with Gasteiger partial charge in [-0.3, -0.25) is 4.68 Å². The second-order valence-corrected chi connectivity index (χ2v) is 6.33. The molecule has 0 atom stereocenters. The van der Waals surface area contributed by atoms with Crippen LogP contribution in [0.2, 0.25) is 0 Å². The minimum absolute atomic E-state index is 0.765. The van der Waals surface area contributed by atoms with Gasteiger partial charge in [-0.1, -0.05) is 25.5 Å². The molecule has 2 N–H and O–H groups in total. The zero-order chi connectivity index (χ0) is 16.5. The van der Waals surface area contributed by atoms with Crippen LogP contribution >= 0.6 is 0 Å². The smallest absolute Gasteiger partial charge is 0.0585 e. The average Bonchev–Trinajstić information content (AvgIpc) is 2.96. The molecule has 2 rings (SSSR count). The zero-order valence-electron chi connectivity index (χ0n) is 14.9. The van der Waals surface area contributed by atoms with Gasteiger partial charge >= 0.3 is 0 Å². The largest absolute Gasteiger partial charge is 0.384 e. The number of rotatable bonds is 8. The number of unbranched alkanes of at least 4 members (excludes halogenated alkanes) is 1. The summed E-state index contributed by atoms with van der Waals surface area (Å²) in [7, 11) is 0. The van der Waals surface area contributed by atoms with Crippen LogP contribution < -0.4 is 10.6 Å². The Bertz CT molecular complexity index is 521. The molecule has 1 aliphatic rings. The normalized spacial score (nSPS) is 17.1. The summed E-state index contributed by atoms with van der Waals surface area (Å²) in [5.41, 5.74) is 3.66. The van der Waals surface area contributed by atoms with E-state index in [1.807, 2.05) is 6.20 Å². The van der Waals surface area contributed by atoms with E-state index in [1.165, 1.54) is 36.2 Å². The van der Waals surface area contributed by atoms with E-state index < -0.39 is 0 Å². The van der Waals surface area contributed by atoms with Crippen molar-refractivity contribution < 1.29 is 0 Å². The molecule has 4 heteroatoms. The van der Waals surface area contributed by atoms with Crippen molar-refractivity contribution in [2.75, 3.05) is 19.6 Å². The van der Waals surface area contributed by atoms with E-state index in [4.69, 9.17) is 0 Å². The maximum atomic E-state index is 4.50. The van der Waals surface area contributed by atoms with Crippen molar-refractivity contribution >= 4 is 5.70 Å². The first-order chi connectivity index (χ1) is 11.3. The summed E-state index contributed by atoms with van der Waals surface area (Å²) in [5, 5.41) is 11.6. The monoisotopic (exact) mass is 316 g/mol. The summed E-state index contributed by atoms with van der Waals surface area (Å²) in [6.07, 6.45) is 13.5. The third kappa shape index (κ3) is 5.24. The first-order valence-electron chi connectivity index (χ1n) is 9.10. The molecule has 23 heavy (non-hydrogen) atoms. The lowest BCUT2D eigenvalue weighted by molar-refractivity contribution is 0.370. The van der Waals surface area contributed by atoms with Gasteiger partial charge in [-0.05, 0) is 58.2 Å². The van der Waals surface area contributed by atoms with Crippen LogP contribution in [0.4, 0.5) is 0 Å². The molecule has 1 fully saturated rings. The van der Waals surface area contributed by atoms with Crippen molar-refractivity contribution in [3.05, 3.63) is 35.7 Å². The molecule has 1 aliphatic heterocycles. The molecule has 2 heterocycles. The van der Waals surface area contributed by atoms with Crippen molar-refractivity contribution in [2.45, 2.75) is 53.0 Å². The van der Waals surface area contributed by atoms with Gasteiger partial charge < -0.3 is 10.6 Å². The number of allylic oxidation sites excluding steroid dienone is 3. The fraction of sp³-hybridized carbons (Fsp3) is 0.632. The van der Waals surface area contributed by atoms with Crippen LogP contribution in [0, 0.1) is 12.8 Å². The second kappa shape index (κ2) is 9.56. The Labute approximate surface area is 141 Å². The molecule has 0 saturated carbocycles. The van der Waals surface area contributed by atoms with Crippen LogP contribution in [0.3, 0.4) is 0 Å². The van der Waals surface area contributed by atoms with Gasteiger partial charge in [0.25, 0.3) is 0 Å². The van der Waals surface area contributed by atoms with E-state index in [2.05, 4.69) is 59.4 Å². The van der Waals surface area contributed by atoms with E-state index in [-0.39, 0.29) is 0 Å². The van der Waals surface area contributed by atoms with Gasteiger partial charge in [0.2, 0.25) is 0 Å². The van der Waals surface area contributed by atoms with Crippen LogP contribution in [-0.2, 0) is 6.54 Å². The number of nitrogens with zero attached hydrogens (tertiary/aromatic N) is 2. The maximum Gasteiger partial charge on any atom is 0.0585 e. The first kappa shape index (κ1) is 17.8. The molecule has 0 amide bonds. The predicted molar refractivity (Wildman–Crippen MR) is 98.3 cm³/mol. The minimum atomic E-state index is 0.765. The van der Waals surface area contributed by atoms with Gasteiger partial charge in [-0.15, -0.1) is 0 Å². The number of hydrogen-bond donors (Lipinski definition) is 2. The summed E-state index contributed by atoms with van der Waals surface area (Å²) < 4.78 is 2.06. The van der Waals surface area contributed by atoms with Crippen LogP contribution in [0.15, 0.2) is 24.4 Å². The SMILES string of the molecule is CCC/C=C/C=C(/NCC1CCNCC1)c1cnn(CC)c1C. The number of aromatic nitrogens is 2. The van der Waals surface area contributed by atoms with Crippen molar-refractivity contribution in [3.63, 3.8) is 0 Å². The fourth-order valence-corrected chi connectivity index (χ4v) is 3.04. The quantitative estimate of drug-likeness (QED) is 0.721. The van der Waals surface area contributed by atoms with Crippen LogP contribution in [0.5, 0.6) is 0 Å². The summed E-state index contributed by atoms with van der Waals surface area (Å²) in [4.78, 5) is 0. The molecule has 128 valence electrons. The van der Waals surface area contributed by atoms with Gasteiger partial charge in [-0.25, -0.2) is 0 Å². The Kier molecular flexibility index (Phi) is 7.40. The highest BCUT2D eigenvalue weighted by Crippen LogP contribution is 2.18. The molecular weight excluding hydrogens is 284 g/mol. The Morgan fingerprint density at radius 3 is 2.83 bits per heavy atom.